The maximum atomic E-state index is 12.7. The Kier molecular flexibility index (Phi) is 5.20. The Morgan fingerprint density at radius 1 is 1.29 bits per heavy atom. The molecule has 0 aliphatic carbocycles. The summed E-state index contributed by atoms with van der Waals surface area (Å²) >= 11 is 0. The lowest BCUT2D eigenvalue weighted by atomic mass is 9.97. The second-order valence-corrected chi connectivity index (χ2v) is 7.34. The first-order valence-electron chi connectivity index (χ1n) is 8.37. The van der Waals surface area contributed by atoms with Crippen molar-refractivity contribution in [3.8, 4) is 0 Å². The second-order valence-electron chi connectivity index (χ2n) is 7.34. The number of rotatable bonds is 3. The molecule has 7 heteroatoms. The quantitative estimate of drug-likeness (QED) is 0.836. The van der Waals surface area contributed by atoms with Gasteiger partial charge in [0.15, 0.2) is 0 Å². The lowest BCUT2D eigenvalue weighted by Crippen LogP contribution is -2.63. The molecule has 1 aliphatic rings. The second kappa shape index (κ2) is 6.83. The first-order chi connectivity index (χ1) is 11.1. The third kappa shape index (κ3) is 3.71. The highest BCUT2D eigenvalue weighted by Crippen LogP contribution is 2.23. The number of aryl methyl sites for hydroxylation is 2. The van der Waals surface area contributed by atoms with Crippen LogP contribution in [0, 0.1) is 6.92 Å². The zero-order valence-electron chi connectivity index (χ0n) is 15.7. The molecule has 0 spiro atoms. The van der Waals surface area contributed by atoms with Crippen LogP contribution in [0.15, 0.2) is 6.20 Å². The molecule has 0 N–H and O–H groups in total. The number of carbonyl (C=O) groups excluding carboxylic acids is 2. The fourth-order valence-corrected chi connectivity index (χ4v) is 3.23. The predicted molar refractivity (Wildman–Crippen MR) is 92.7 cm³/mol. The molecule has 3 amide bonds. The van der Waals surface area contributed by atoms with Crippen LogP contribution in [0.3, 0.4) is 0 Å². The van der Waals surface area contributed by atoms with Gasteiger partial charge in [-0.05, 0) is 32.8 Å². The first-order valence-corrected chi connectivity index (χ1v) is 8.37. The van der Waals surface area contributed by atoms with E-state index in [1.165, 1.54) is 0 Å². The molecule has 1 aromatic heterocycles. The van der Waals surface area contributed by atoms with Gasteiger partial charge in [-0.15, -0.1) is 0 Å². The van der Waals surface area contributed by atoms with Crippen LogP contribution in [0.1, 0.15) is 31.5 Å². The van der Waals surface area contributed by atoms with E-state index in [1.807, 2.05) is 48.5 Å². The van der Waals surface area contributed by atoms with Gasteiger partial charge in [-0.2, -0.15) is 5.10 Å². The van der Waals surface area contributed by atoms with Gasteiger partial charge >= 0.3 is 6.03 Å². The minimum Gasteiger partial charge on any atom is -0.334 e. The molecular formula is C17H29N5O2. The number of amides is 3. The maximum absolute atomic E-state index is 12.7. The number of hydrogen-bond acceptors (Lipinski definition) is 3. The first kappa shape index (κ1) is 18.3. The number of piperazine rings is 1. The van der Waals surface area contributed by atoms with E-state index < -0.39 is 0 Å². The van der Waals surface area contributed by atoms with Gasteiger partial charge in [0.25, 0.3) is 0 Å². The summed E-state index contributed by atoms with van der Waals surface area (Å²) in [6, 6.07) is 0.00107. The van der Waals surface area contributed by atoms with Crippen LogP contribution in [-0.2, 0) is 18.3 Å². The average Bonchev–Trinajstić information content (AvgIpc) is 2.82. The third-order valence-corrected chi connectivity index (χ3v) is 4.80. The van der Waals surface area contributed by atoms with Crippen molar-refractivity contribution in [2.24, 2.45) is 7.05 Å². The summed E-state index contributed by atoms with van der Waals surface area (Å²) < 4.78 is 1.83. The summed E-state index contributed by atoms with van der Waals surface area (Å²) in [7, 11) is 5.41. The summed E-state index contributed by atoms with van der Waals surface area (Å²) in [5.41, 5.74) is 1.86. The monoisotopic (exact) mass is 335 g/mol. The van der Waals surface area contributed by atoms with Gasteiger partial charge < -0.3 is 14.7 Å². The van der Waals surface area contributed by atoms with Crippen LogP contribution in [-0.4, -0.2) is 75.7 Å². The van der Waals surface area contributed by atoms with Crippen molar-refractivity contribution in [3.63, 3.8) is 0 Å². The molecule has 0 bridgehead atoms. The van der Waals surface area contributed by atoms with Crippen LogP contribution < -0.4 is 0 Å². The van der Waals surface area contributed by atoms with Crippen molar-refractivity contribution in [3.05, 3.63) is 17.5 Å². The lowest BCUT2D eigenvalue weighted by molar-refractivity contribution is -0.139. The molecule has 7 nitrogen and oxygen atoms in total. The predicted octanol–water partition coefficient (Wildman–Crippen LogP) is 1.27. The van der Waals surface area contributed by atoms with E-state index in [2.05, 4.69) is 5.10 Å². The summed E-state index contributed by atoms with van der Waals surface area (Å²) in [6.07, 6.45) is 3.00. The summed E-state index contributed by atoms with van der Waals surface area (Å²) in [6.45, 7) is 7.78. The fraction of sp³-hybridized carbons (Fsp3) is 0.706. The van der Waals surface area contributed by atoms with Crippen LogP contribution in [0.2, 0.25) is 0 Å². The molecule has 134 valence electrons. The highest BCUT2D eigenvalue weighted by atomic mass is 16.2. The summed E-state index contributed by atoms with van der Waals surface area (Å²) in [4.78, 5) is 30.2. The summed E-state index contributed by atoms with van der Waals surface area (Å²) in [5, 5.41) is 4.22. The molecule has 0 atom stereocenters. The van der Waals surface area contributed by atoms with Gasteiger partial charge in [0.05, 0.1) is 11.7 Å². The van der Waals surface area contributed by atoms with E-state index in [1.54, 1.807) is 19.0 Å². The van der Waals surface area contributed by atoms with Gasteiger partial charge in [-0.25, -0.2) is 4.79 Å². The molecular weight excluding hydrogens is 306 g/mol. The molecule has 1 fully saturated rings. The van der Waals surface area contributed by atoms with E-state index in [0.29, 0.717) is 32.5 Å². The Morgan fingerprint density at radius 2 is 1.96 bits per heavy atom. The zero-order chi connectivity index (χ0) is 18.1. The normalized spacial score (nSPS) is 17.1. The Balaban J connectivity index is 1.98. The number of carbonyl (C=O) groups is 2. The van der Waals surface area contributed by atoms with Crippen molar-refractivity contribution in [2.75, 3.05) is 33.7 Å². The Morgan fingerprint density at radius 3 is 2.46 bits per heavy atom. The van der Waals surface area contributed by atoms with Crippen LogP contribution in [0.25, 0.3) is 0 Å². The third-order valence-electron chi connectivity index (χ3n) is 4.80. The Labute approximate surface area is 144 Å². The van der Waals surface area contributed by atoms with Crippen molar-refractivity contribution in [2.45, 2.75) is 39.2 Å². The van der Waals surface area contributed by atoms with Crippen molar-refractivity contribution in [1.82, 2.24) is 24.5 Å². The Bertz CT molecular complexity index is 620. The van der Waals surface area contributed by atoms with E-state index in [-0.39, 0.29) is 17.5 Å². The lowest BCUT2D eigenvalue weighted by Gasteiger charge is -2.47. The fourth-order valence-electron chi connectivity index (χ4n) is 3.23. The highest BCUT2D eigenvalue weighted by molar-refractivity contribution is 5.78. The molecule has 0 unspecified atom stereocenters. The largest absolute Gasteiger partial charge is 0.334 e. The molecule has 1 aromatic rings. The van der Waals surface area contributed by atoms with Crippen molar-refractivity contribution < 1.29 is 9.59 Å². The van der Waals surface area contributed by atoms with Gasteiger partial charge in [0.2, 0.25) is 5.91 Å². The summed E-state index contributed by atoms with van der Waals surface area (Å²) in [5.74, 6) is 0.139. The number of nitrogens with zero attached hydrogens (tertiary/aromatic N) is 5. The minimum atomic E-state index is -0.356. The molecule has 0 radical (unpaired) electrons. The van der Waals surface area contributed by atoms with Gasteiger partial charge in [-0.3, -0.25) is 9.48 Å². The standard InChI is InChI=1S/C17H29N5O2/c1-13-14(11-18-20(13)6)7-8-15(23)22-10-9-21(12-17(22,2)3)16(24)19(4)5/h11H,7-10,12H2,1-6H3. The molecule has 2 rings (SSSR count). The van der Waals surface area contributed by atoms with Crippen LogP contribution >= 0.6 is 0 Å². The van der Waals surface area contributed by atoms with Gasteiger partial charge in [-0.1, -0.05) is 0 Å². The van der Waals surface area contributed by atoms with E-state index >= 15 is 0 Å². The smallest absolute Gasteiger partial charge is 0.319 e. The Hall–Kier alpha value is -2.05. The van der Waals surface area contributed by atoms with Gasteiger partial charge in [0, 0.05) is 52.9 Å². The maximum Gasteiger partial charge on any atom is 0.319 e. The number of aromatic nitrogens is 2. The van der Waals surface area contributed by atoms with Gasteiger partial charge in [0.1, 0.15) is 0 Å². The SMILES string of the molecule is Cc1c(CCC(=O)N2CCN(C(=O)N(C)C)CC2(C)C)cnn1C. The number of hydrogen-bond donors (Lipinski definition) is 0. The minimum absolute atomic E-state index is 0.00107. The van der Waals surface area contributed by atoms with E-state index in [4.69, 9.17) is 0 Å². The molecule has 2 heterocycles. The molecule has 1 saturated heterocycles. The number of urea groups is 1. The van der Waals surface area contributed by atoms with Crippen molar-refractivity contribution >= 4 is 11.9 Å². The van der Waals surface area contributed by atoms with E-state index in [0.717, 1.165) is 11.3 Å². The molecule has 0 aromatic carbocycles. The highest BCUT2D eigenvalue weighted by Gasteiger charge is 2.38. The average molecular weight is 335 g/mol. The molecule has 0 saturated carbocycles. The van der Waals surface area contributed by atoms with Crippen LogP contribution in [0.5, 0.6) is 0 Å². The zero-order valence-corrected chi connectivity index (χ0v) is 15.7. The molecule has 1 aliphatic heterocycles. The topological polar surface area (TPSA) is 61.7 Å². The van der Waals surface area contributed by atoms with E-state index in [9.17, 15) is 9.59 Å². The van der Waals surface area contributed by atoms with Crippen molar-refractivity contribution in [1.29, 1.82) is 0 Å². The van der Waals surface area contributed by atoms with Crippen LogP contribution in [0.4, 0.5) is 4.79 Å². The molecule has 24 heavy (non-hydrogen) atoms.